The fraction of sp³-hybridized carbons (Fsp3) is 0.579. The molecular weight excluding hydrogens is 288 g/mol. The highest BCUT2D eigenvalue weighted by Gasteiger charge is 2.28. The predicted octanol–water partition coefficient (Wildman–Crippen LogP) is 2.77. The summed E-state index contributed by atoms with van der Waals surface area (Å²) in [5.41, 5.74) is 0.967. The lowest BCUT2D eigenvalue weighted by atomic mass is 10.0. The van der Waals surface area contributed by atoms with E-state index >= 15 is 0 Å². The third kappa shape index (κ3) is 5.38. The first kappa shape index (κ1) is 17.5. The van der Waals surface area contributed by atoms with Gasteiger partial charge in [0.05, 0.1) is 6.42 Å². The summed E-state index contributed by atoms with van der Waals surface area (Å²) in [6.07, 6.45) is 4.83. The van der Waals surface area contributed by atoms with Crippen LogP contribution in [0.5, 0.6) is 0 Å². The van der Waals surface area contributed by atoms with Crippen LogP contribution in [-0.2, 0) is 16.0 Å². The highest BCUT2D eigenvalue weighted by Crippen LogP contribution is 2.14. The van der Waals surface area contributed by atoms with Crippen LogP contribution >= 0.6 is 0 Å². The second-order valence-corrected chi connectivity index (χ2v) is 6.69. The maximum Gasteiger partial charge on any atom is 0.245 e. The molecule has 1 saturated heterocycles. The fourth-order valence-electron chi connectivity index (χ4n) is 3.01. The molecule has 2 rings (SSSR count). The highest BCUT2D eigenvalue weighted by atomic mass is 16.2. The summed E-state index contributed by atoms with van der Waals surface area (Å²) < 4.78 is 0. The first-order valence-corrected chi connectivity index (χ1v) is 8.70. The van der Waals surface area contributed by atoms with E-state index in [-0.39, 0.29) is 17.7 Å². The molecule has 0 radical (unpaired) electrons. The molecule has 0 aliphatic carbocycles. The smallest absolute Gasteiger partial charge is 0.245 e. The monoisotopic (exact) mass is 316 g/mol. The van der Waals surface area contributed by atoms with Crippen LogP contribution in [-0.4, -0.2) is 35.8 Å². The van der Waals surface area contributed by atoms with Crippen molar-refractivity contribution in [1.82, 2.24) is 10.2 Å². The van der Waals surface area contributed by atoms with Crippen molar-refractivity contribution in [3.05, 3.63) is 35.9 Å². The van der Waals surface area contributed by atoms with Gasteiger partial charge in [-0.05, 0) is 24.3 Å². The zero-order valence-electron chi connectivity index (χ0n) is 14.3. The molecule has 1 atom stereocenters. The van der Waals surface area contributed by atoms with Crippen LogP contribution in [0.25, 0.3) is 0 Å². The van der Waals surface area contributed by atoms with Gasteiger partial charge in [-0.2, -0.15) is 0 Å². The van der Waals surface area contributed by atoms with Gasteiger partial charge in [0.2, 0.25) is 11.8 Å². The fourth-order valence-corrected chi connectivity index (χ4v) is 3.01. The van der Waals surface area contributed by atoms with Gasteiger partial charge in [0.15, 0.2) is 0 Å². The molecule has 0 aromatic heterocycles. The summed E-state index contributed by atoms with van der Waals surface area (Å²) in [6.45, 7) is 5.61. The molecule has 2 amide bonds. The normalized spacial score (nSPS) is 16.7. The van der Waals surface area contributed by atoms with Crippen molar-refractivity contribution in [2.75, 3.05) is 13.1 Å². The number of carbonyl (C=O) groups is 2. The molecule has 1 N–H and O–H groups in total. The van der Waals surface area contributed by atoms with Gasteiger partial charge in [-0.1, -0.05) is 57.0 Å². The Balaban J connectivity index is 1.97. The molecule has 1 aromatic carbocycles. The van der Waals surface area contributed by atoms with Crippen molar-refractivity contribution in [3.63, 3.8) is 0 Å². The van der Waals surface area contributed by atoms with Gasteiger partial charge in [0.1, 0.15) is 6.04 Å². The van der Waals surface area contributed by atoms with Crippen LogP contribution in [0.1, 0.15) is 45.1 Å². The number of nitrogens with zero attached hydrogens (tertiary/aromatic N) is 1. The van der Waals surface area contributed by atoms with Crippen LogP contribution in [0.3, 0.4) is 0 Å². The number of benzene rings is 1. The summed E-state index contributed by atoms with van der Waals surface area (Å²) in [7, 11) is 0. The van der Waals surface area contributed by atoms with Crippen molar-refractivity contribution in [2.45, 2.75) is 52.0 Å². The Hall–Kier alpha value is -1.84. The number of hydrogen-bond acceptors (Lipinski definition) is 2. The molecular formula is C19H28N2O2. The Morgan fingerprint density at radius 2 is 1.65 bits per heavy atom. The second kappa shape index (κ2) is 8.70. The Morgan fingerprint density at radius 1 is 1.04 bits per heavy atom. The third-order valence-electron chi connectivity index (χ3n) is 4.37. The van der Waals surface area contributed by atoms with Crippen LogP contribution in [0, 0.1) is 5.92 Å². The van der Waals surface area contributed by atoms with Crippen LogP contribution in [0.15, 0.2) is 30.3 Å². The van der Waals surface area contributed by atoms with Gasteiger partial charge >= 0.3 is 0 Å². The first-order valence-electron chi connectivity index (χ1n) is 8.70. The van der Waals surface area contributed by atoms with E-state index in [9.17, 15) is 9.59 Å². The Labute approximate surface area is 139 Å². The average molecular weight is 316 g/mol. The summed E-state index contributed by atoms with van der Waals surface area (Å²) in [5.74, 6) is 0.0758. The second-order valence-electron chi connectivity index (χ2n) is 6.69. The lowest BCUT2D eigenvalue weighted by Gasteiger charge is -2.29. The van der Waals surface area contributed by atoms with E-state index in [1.807, 2.05) is 49.1 Å². The summed E-state index contributed by atoms with van der Waals surface area (Å²) in [5, 5.41) is 2.95. The minimum absolute atomic E-state index is 0.0725. The number of amides is 2. The van der Waals surface area contributed by atoms with Crippen molar-refractivity contribution >= 4 is 11.8 Å². The van der Waals surface area contributed by atoms with E-state index in [0.717, 1.165) is 31.5 Å². The van der Waals surface area contributed by atoms with Crippen LogP contribution in [0.2, 0.25) is 0 Å². The van der Waals surface area contributed by atoms with Crippen molar-refractivity contribution < 1.29 is 9.59 Å². The van der Waals surface area contributed by atoms with Crippen molar-refractivity contribution in [3.8, 4) is 0 Å². The third-order valence-corrected chi connectivity index (χ3v) is 4.37. The van der Waals surface area contributed by atoms with E-state index in [1.54, 1.807) is 0 Å². The first-order chi connectivity index (χ1) is 11.1. The van der Waals surface area contributed by atoms with Gasteiger partial charge in [0, 0.05) is 13.1 Å². The molecule has 0 spiro atoms. The molecule has 23 heavy (non-hydrogen) atoms. The van der Waals surface area contributed by atoms with Gasteiger partial charge in [0.25, 0.3) is 0 Å². The largest absolute Gasteiger partial charge is 0.344 e. The average Bonchev–Trinajstić information content (AvgIpc) is 2.82. The van der Waals surface area contributed by atoms with Crippen LogP contribution < -0.4 is 5.32 Å². The maximum atomic E-state index is 12.8. The van der Waals surface area contributed by atoms with Crippen molar-refractivity contribution in [1.29, 1.82) is 0 Å². The highest BCUT2D eigenvalue weighted by molar-refractivity contribution is 5.88. The number of hydrogen-bond donors (Lipinski definition) is 1. The van der Waals surface area contributed by atoms with E-state index in [0.29, 0.717) is 6.42 Å². The number of rotatable bonds is 5. The van der Waals surface area contributed by atoms with E-state index in [1.165, 1.54) is 12.8 Å². The quantitative estimate of drug-likeness (QED) is 0.908. The maximum absolute atomic E-state index is 12.8. The molecule has 1 heterocycles. The minimum Gasteiger partial charge on any atom is -0.344 e. The van der Waals surface area contributed by atoms with E-state index < -0.39 is 6.04 Å². The summed E-state index contributed by atoms with van der Waals surface area (Å²) in [6, 6.07) is 9.21. The molecule has 0 saturated carbocycles. The van der Waals surface area contributed by atoms with Crippen molar-refractivity contribution in [2.24, 2.45) is 5.92 Å². The summed E-state index contributed by atoms with van der Waals surface area (Å²) in [4.78, 5) is 27.0. The van der Waals surface area contributed by atoms with E-state index in [2.05, 4.69) is 5.32 Å². The number of carbonyl (C=O) groups excluding carboxylic acids is 2. The lowest BCUT2D eigenvalue weighted by molar-refractivity contribution is -0.137. The van der Waals surface area contributed by atoms with Gasteiger partial charge in [-0.15, -0.1) is 0 Å². The molecule has 126 valence electrons. The van der Waals surface area contributed by atoms with Crippen LogP contribution in [0.4, 0.5) is 0 Å². The predicted molar refractivity (Wildman–Crippen MR) is 92.0 cm³/mol. The Bertz CT molecular complexity index is 505. The Kier molecular flexibility index (Phi) is 6.63. The zero-order chi connectivity index (χ0) is 16.7. The molecule has 1 aliphatic heterocycles. The molecule has 0 bridgehead atoms. The molecule has 1 aliphatic rings. The van der Waals surface area contributed by atoms with Gasteiger partial charge < -0.3 is 10.2 Å². The SMILES string of the molecule is CC(C)[C@H](NC(=O)Cc1ccccc1)C(=O)N1CCCCCC1. The molecule has 1 fully saturated rings. The molecule has 4 nitrogen and oxygen atoms in total. The molecule has 4 heteroatoms. The molecule has 1 aromatic rings. The van der Waals surface area contributed by atoms with Gasteiger partial charge in [-0.3, -0.25) is 9.59 Å². The number of likely N-dealkylation sites (tertiary alicyclic amines) is 1. The minimum atomic E-state index is -0.427. The summed E-state index contributed by atoms with van der Waals surface area (Å²) >= 11 is 0. The topological polar surface area (TPSA) is 49.4 Å². The molecule has 0 unspecified atom stereocenters. The Morgan fingerprint density at radius 3 is 2.22 bits per heavy atom. The standard InChI is InChI=1S/C19H28N2O2/c1-15(2)18(19(23)21-12-8-3-4-9-13-21)20-17(22)14-16-10-6-5-7-11-16/h5-7,10-11,15,18H,3-4,8-9,12-14H2,1-2H3,(H,20,22)/t18-/m0/s1. The lowest BCUT2D eigenvalue weighted by Crippen LogP contribution is -2.51. The number of nitrogens with one attached hydrogen (secondary N) is 1. The van der Waals surface area contributed by atoms with Gasteiger partial charge in [-0.25, -0.2) is 0 Å². The zero-order valence-corrected chi connectivity index (χ0v) is 14.3. The van der Waals surface area contributed by atoms with E-state index in [4.69, 9.17) is 0 Å².